The van der Waals surface area contributed by atoms with E-state index in [1.54, 1.807) is 17.1 Å². The van der Waals surface area contributed by atoms with E-state index in [4.69, 9.17) is 10.5 Å². The lowest BCUT2D eigenvalue weighted by Crippen LogP contribution is -1.98. The van der Waals surface area contributed by atoms with Crippen molar-refractivity contribution in [3.8, 4) is 5.75 Å². The van der Waals surface area contributed by atoms with E-state index in [2.05, 4.69) is 10.1 Å². The number of hydrogen-bond acceptors (Lipinski definition) is 4. The van der Waals surface area contributed by atoms with Crippen molar-refractivity contribution in [1.82, 2.24) is 9.66 Å². The zero-order valence-corrected chi connectivity index (χ0v) is 12.9. The maximum Gasteiger partial charge on any atom is 0.221 e. The lowest BCUT2D eigenvalue weighted by atomic mass is 10.2. The van der Waals surface area contributed by atoms with Crippen LogP contribution in [0.15, 0.2) is 65.9 Å². The van der Waals surface area contributed by atoms with Crippen LogP contribution in [0.25, 0.3) is 0 Å². The fourth-order valence-corrected chi connectivity index (χ4v) is 2.15. The van der Waals surface area contributed by atoms with Crippen LogP contribution in [0, 0.1) is 6.92 Å². The molecule has 0 spiro atoms. The van der Waals surface area contributed by atoms with Gasteiger partial charge >= 0.3 is 0 Å². The molecule has 116 valence electrons. The maximum absolute atomic E-state index is 5.81. The molecule has 1 aromatic heterocycles. The molecule has 5 nitrogen and oxygen atoms in total. The number of nitrogen functional groups attached to an aromatic ring is 1. The Balaban J connectivity index is 1.68. The quantitative estimate of drug-likeness (QED) is 0.736. The van der Waals surface area contributed by atoms with Crippen LogP contribution in [0.4, 0.5) is 5.95 Å². The third kappa shape index (κ3) is 3.97. The number of aromatic nitrogens is 2. The number of imidazole rings is 1. The Kier molecular flexibility index (Phi) is 4.38. The molecule has 2 N–H and O–H groups in total. The largest absolute Gasteiger partial charge is 0.489 e. The molecular formula is C18H18N4O. The number of nitrogens with two attached hydrogens (primary N) is 1. The lowest BCUT2D eigenvalue weighted by Gasteiger charge is -2.06. The van der Waals surface area contributed by atoms with Crippen molar-refractivity contribution < 1.29 is 4.74 Å². The van der Waals surface area contributed by atoms with Gasteiger partial charge in [0, 0.05) is 0 Å². The van der Waals surface area contributed by atoms with Gasteiger partial charge in [-0.2, -0.15) is 5.10 Å². The van der Waals surface area contributed by atoms with Crippen molar-refractivity contribution in [2.24, 2.45) is 5.10 Å². The average Bonchev–Trinajstić information content (AvgIpc) is 2.90. The van der Waals surface area contributed by atoms with E-state index in [0.717, 1.165) is 22.6 Å². The number of anilines is 1. The van der Waals surface area contributed by atoms with Crippen molar-refractivity contribution in [3.63, 3.8) is 0 Å². The van der Waals surface area contributed by atoms with Gasteiger partial charge in [0.1, 0.15) is 12.4 Å². The first-order valence-corrected chi connectivity index (χ1v) is 7.33. The second kappa shape index (κ2) is 6.79. The molecule has 3 rings (SSSR count). The summed E-state index contributed by atoms with van der Waals surface area (Å²) in [5.41, 5.74) is 8.66. The Bertz CT molecular complexity index is 809. The van der Waals surface area contributed by atoms with Crippen molar-refractivity contribution in [3.05, 3.63) is 77.6 Å². The smallest absolute Gasteiger partial charge is 0.221 e. The van der Waals surface area contributed by atoms with Crippen molar-refractivity contribution in [2.75, 3.05) is 5.73 Å². The summed E-state index contributed by atoms with van der Waals surface area (Å²) in [4.78, 5) is 4.11. The van der Waals surface area contributed by atoms with Crippen LogP contribution in [0.1, 0.15) is 16.8 Å². The highest BCUT2D eigenvalue weighted by atomic mass is 16.5. The Morgan fingerprint density at radius 1 is 1.17 bits per heavy atom. The predicted molar refractivity (Wildman–Crippen MR) is 91.6 cm³/mol. The molecule has 0 bridgehead atoms. The molecule has 0 amide bonds. The molecule has 0 unspecified atom stereocenters. The molecular weight excluding hydrogens is 288 g/mol. The van der Waals surface area contributed by atoms with Crippen molar-refractivity contribution in [2.45, 2.75) is 13.5 Å². The van der Waals surface area contributed by atoms with E-state index in [9.17, 15) is 0 Å². The van der Waals surface area contributed by atoms with Crippen LogP contribution in [-0.2, 0) is 6.61 Å². The zero-order valence-electron chi connectivity index (χ0n) is 12.9. The molecule has 0 aliphatic heterocycles. The highest BCUT2D eigenvalue weighted by Crippen LogP contribution is 2.14. The topological polar surface area (TPSA) is 65.4 Å². The molecule has 1 heterocycles. The first-order valence-electron chi connectivity index (χ1n) is 7.33. The normalized spacial score (nSPS) is 11.0. The summed E-state index contributed by atoms with van der Waals surface area (Å²) in [6.07, 6.45) is 3.51. The summed E-state index contributed by atoms with van der Waals surface area (Å²) in [6.45, 7) is 2.41. The zero-order chi connectivity index (χ0) is 16.1. The van der Waals surface area contributed by atoms with Crippen LogP contribution >= 0.6 is 0 Å². The molecule has 0 fully saturated rings. The number of hydrogen-bond donors (Lipinski definition) is 1. The van der Waals surface area contributed by atoms with Crippen LogP contribution in [0.5, 0.6) is 5.75 Å². The molecule has 23 heavy (non-hydrogen) atoms. The van der Waals surface area contributed by atoms with Gasteiger partial charge in [-0.15, -0.1) is 0 Å². The summed E-state index contributed by atoms with van der Waals surface area (Å²) >= 11 is 0. The lowest BCUT2D eigenvalue weighted by molar-refractivity contribution is 0.306. The Morgan fingerprint density at radius 2 is 2.00 bits per heavy atom. The number of aryl methyl sites for hydroxylation is 1. The minimum atomic E-state index is 0.371. The third-order valence-electron chi connectivity index (χ3n) is 3.27. The average molecular weight is 306 g/mol. The van der Waals surface area contributed by atoms with Gasteiger partial charge in [0.2, 0.25) is 5.95 Å². The van der Waals surface area contributed by atoms with Gasteiger partial charge in [-0.3, -0.25) is 0 Å². The van der Waals surface area contributed by atoms with Crippen molar-refractivity contribution >= 4 is 12.2 Å². The Morgan fingerprint density at radius 3 is 2.74 bits per heavy atom. The van der Waals surface area contributed by atoms with E-state index in [-0.39, 0.29) is 0 Å². The molecule has 0 saturated heterocycles. The Labute approximate surface area is 135 Å². The van der Waals surface area contributed by atoms with Crippen molar-refractivity contribution in [1.29, 1.82) is 0 Å². The summed E-state index contributed by atoms with van der Waals surface area (Å²) < 4.78 is 7.36. The summed E-state index contributed by atoms with van der Waals surface area (Å²) in [7, 11) is 0. The van der Waals surface area contributed by atoms with Gasteiger partial charge in [0.15, 0.2) is 0 Å². The summed E-state index contributed by atoms with van der Waals surface area (Å²) in [6, 6.07) is 17.8. The van der Waals surface area contributed by atoms with Gasteiger partial charge in [0.05, 0.1) is 18.1 Å². The summed E-state index contributed by atoms with van der Waals surface area (Å²) in [5, 5.41) is 4.30. The maximum atomic E-state index is 5.81. The van der Waals surface area contributed by atoms with Gasteiger partial charge in [-0.05, 0) is 30.2 Å². The molecule has 0 radical (unpaired) electrons. The first kappa shape index (κ1) is 14.8. The predicted octanol–water partition coefficient (Wildman–Crippen LogP) is 3.23. The highest BCUT2D eigenvalue weighted by molar-refractivity contribution is 5.80. The minimum Gasteiger partial charge on any atom is -0.489 e. The highest BCUT2D eigenvalue weighted by Gasteiger charge is 2.00. The molecule has 0 atom stereocenters. The van der Waals surface area contributed by atoms with Gasteiger partial charge < -0.3 is 10.5 Å². The van der Waals surface area contributed by atoms with Crippen LogP contribution in [0.2, 0.25) is 0 Å². The van der Waals surface area contributed by atoms with E-state index in [1.807, 2.05) is 61.5 Å². The second-order valence-electron chi connectivity index (χ2n) is 5.18. The van der Waals surface area contributed by atoms with Gasteiger partial charge in [-0.1, -0.05) is 42.5 Å². The number of benzene rings is 2. The van der Waals surface area contributed by atoms with E-state index in [0.29, 0.717) is 12.6 Å². The molecule has 2 aromatic carbocycles. The molecule has 0 aliphatic rings. The van der Waals surface area contributed by atoms with Gasteiger partial charge in [-0.25, -0.2) is 9.66 Å². The molecule has 3 aromatic rings. The molecule has 0 saturated carbocycles. The van der Waals surface area contributed by atoms with Gasteiger partial charge in [0.25, 0.3) is 0 Å². The molecule has 0 aliphatic carbocycles. The SMILES string of the molecule is Cc1cn(N=Cc2cccc(OCc3ccccc3)c2)c(N)n1. The summed E-state index contributed by atoms with van der Waals surface area (Å²) in [5.74, 6) is 1.17. The fourth-order valence-electron chi connectivity index (χ4n) is 2.15. The molecule has 5 heteroatoms. The second-order valence-corrected chi connectivity index (χ2v) is 5.18. The van der Waals surface area contributed by atoms with E-state index < -0.39 is 0 Å². The number of nitrogens with zero attached hydrogens (tertiary/aromatic N) is 3. The Hall–Kier alpha value is -3.08. The number of ether oxygens (including phenoxy) is 1. The fraction of sp³-hybridized carbons (Fsp3) is 0.111. The number of rotatable bonds is 5. The van der Waals surface area contributed by atoms with E-state index >= 15 is 0 Å². The first-order chi connectivity index (χ1) is 11.2. The monoisotopic (exact) mass is 306 g/mol. The minimum absolute atomic E-state index is 0.371. The standard InChI is InChI=1S/C18H18N4O/c1-14-12-22(18(19)21-14)20-11-16-8-5-9-17(10-16)23-13-15-6-3-2-4-7-15/h2-12H,13H2,1H3,(H2,19,21). The van der Waals surface area contributed by atoms with Crippen LogP contribution in [-0.4, -0.2) is 15.9 Å². The van der Waals surface area contributed by atoms with Crippen LogP contribution < -0.4 is 10.5 Å². The van der Waals surface area contributed by atoms with E-state index in [1.165, 1.54) is 0 Å². The van der Waals surface area contributed by atoms with Crippen LogP contribution in [0.3, 0.4) is 0 Å². The third-order valence-corrected chi connectivity index (χ3v) is 3.27.